The van der Waals surface area contributed by atoms with E-state index in [-0.39, 0.29) is 15.6 Å². The summed E-state index contributed by atoms with van der Waals surface area (Å²) in [5.41, 5.74) is 0.184. The zero-order chi connectivity index (χ0) is 14.0. The lowest BCUT2D eigenvalue weighted by molar-refractivity contribution is 0.0607. The fourth-order valence-corrected chi connectivity index (χ4v) is 3.25. The van der Waals surface area contributed by atoms with Crippen LogP contribution in [0.2, 0.25) is 0 Å². The van der Waals surface area contributed by atoms with Crippen molar-refractivity contribution >= 4 is 33.0 Å². The number of aromatic nitrogens is 2. The van der Waals surface area contributed by atoms with Crippen molar-refractivity contribution in [1.82, 2.24) is 9.97 Å². The van der Waals surface area contributed by atoms with Crippen LogP contribution in [-0.2, 0) is 14.8 Å². The van der Waals surface area contributed by atoms with Crippen molar-refractivity contribution < 1.29 is 17.9 Å². The summed E-state index contributed by atoms with van der Waals surface area (Å²) in [7, 11) is -2.56. The van der Waals surface area contributed by atoms with Gasteiger partial charge in [0.05, 0.1) is 19.0 Å². The van der Waals surface area contributed by atoms with Crippen LogP contribution in [0.1, 0.15) is 15.5 Å². The number of imidazole rings is 1. The summed E-state index contributed by atoms with van der Waals surface area (Å²) in [6.45, 7) is 1.64. The first-order valence-corrected chi connectivity index (χ1v) is 7.50. The number of nitrogens with zero attached hydrogens (tertiary/aromatic N) is 1. The smallest absolute Gasteiger partial charge is 0.350 e. The Balaban J connectivity index is 2.31. The van der Waals surface area contributed by atoms with E-state index in [4.69, 9.17) is 0 Å². The number of hydrogen-bond acceptors (Lipinski definition) is 6. The summed E-state index contributed by atoms with van der Waals surface area (Å²) in [6.07, 6.45) is 1.21. The fourth-order valence-electron chi connectivity index (χ4n) is 1.38. The molecule has 0 saturated carbocycles. The monoisotopic (exact) mass is 301 g/mol. The molecule has 7 nitrogen and oxygen atoms in total. The molecule has 0 aliphatic heterocycles. The van der Waals surface area contributed by atoms with E-state index in [1.807, 2.05) is 0 Å². The second-order valence-corrected chi connectivity index (χ2v) is 6.16. The molecule has 0 saturated heterocycles. The summed E-state index contributed by atoms with van der Waals surface area (Å²) in [5, 5.41) is 1.54. The quantitative estimate of drug-likeness (QED) is 0.830. The van der Waals surface area contributed by atoms with E-state index in [9.17, 15) is 13.2 Å². The first-order chi connectivity index (χ1) is 8.94. The van der Waals surface area contributed by atoms with Gasteiger partial charge in [-0.25, -0.2) is 9.78 Å². The number of hydrogen-bond donors (Lipinski definition) is 2. The Kier molecular flexibility index (Phi) is 3.58. The molecule has 0 radical (unpaired) electrons. The third-order valence-electron chi connectivity index (χ3n) is 2.25. The highest BCUT2D eigenvalue weighted by molar-refractivity contribution is 7.92. The van der Waals surface area contributed by atoms with Crippen molar-refractivity contribution in [2.75, 3.05) is 11.8 Å². The van der Waals surface area contributed by atoms with Crippen LogP contribution in [0.5, 0.6) is 0 Å². The molecule has 0 amide bonds. The van der Waals surface area contributed by atoms with Gasteiger partial charge in [0.2, 0.25) is 0 Å². The first-order valence-electron chi connectivity index (χ1n) is 5.14. The number of carbonyl (C=O) groups excluding carboxylic acids is 1. The number of esters is 1. The average molecular weight is 301 g/mol. The van der Waals surface area contributed by atoms with Gasteiger partial charge < -0.3 is 9.72 Å². The average Bonchev–Trinajstić information content (AvgIpc) is 2.97. The van der Waals surface area contributed by atoms with Gasteiger partial charge in [0.1, 0.15) is 10.7 Å². The van der Waals surface area contributed by atoms with Gasteiger partial charge in [-0.2, -0.15) is 8.42 Å². The van der Waals surface area contributed by atoms with Crippen LogP contribution >= 0.6 is 11.3 Å². The molecule has 2 heterocycles. The number of carbonyl (C=O) groups is 1. The first kappa shape index (κ1) is 13.6. The molecular formula is C10H11N3O4S2. The van der Waals surface area contributed by atoms with Crippen LogP contribution in [0.25, 0.3) is 0 Å². The minimum atomic E-state index is -3.80. The number of methoxy groups -OCH3 is 1. The number of sulfonamides is 1. The van der Waals surface area contributed by atoms with Gasteiger partial charge in [0.25, 0.3) is 10.0 Å². The second kappa shape index (κ2) is 5.02. The highest BCUT2D eigenvalue weighted by Gasteiger charge is 2.21. The van der Waals surface area contributed by atoms with E-state index in [0.29, 0.717) is 5.82 Å². The Morgan fingerprint density at radius 2 is 2.26 bits per heavy atom. The van der Waals surface area contributed by atoms with Crippen molar-refractivity contribution in [3.63, 3.8) is 0 Å². The predicted octanol–water partition coefficient (Wildman–Crippen LogP) is 1.37. The highest BCUT2D eigenvalue weighted by atomic mass is 32.2. The van der Waals surface area contributed by atoms with Gasteiger partial charge in [-0.1, -0.05) is 0 Å². The zero-order valence-corrected chi connectivity index (χ0v) is 11.8. The molecule has 0 fully saturated rings. The van der Waals surface area contributed by atoms with Crippen molar-refractivity contribution in [2.45, 2.75) is 11.9 Å². The summed E-state index contributed by atoms with van der Waals surface area (Å²) < 4.78 is 31.0. The number of ether oxygens (including phenoxy) is 1. The van der Waals surface area contributed by atoms with Crippen molar-refractivity contribution in [3.05, 3.63) is 28.3 Å². The van der Waals surface area contributed by atoms with E-state index < -0.39 is 16.0 Å². The molecule has 0 aromatic carbocycles. The predicted molar refractivity (Wildman–Crippen MR) is 69.8 cm³/mol. The van der Waals surface area contributed by atoms with Crippen LogP contribution in [-0.4, -0.2) is 31.5 Å². The molecule has 0 unspecified atom stereocenters. The normalized spacial score (nSPS) is 11.3. The van der Waals surface area contributed by atoms with E-state index in [0.717, 1.165) is 11.3 Å². The Morgan fingerprint density at radius 3 is 2.84 bits per heavy atom. The van der Waals surface area contributed by atoms with Crippen LogP contribution in [0, 0.1) is 6.92 Å². The highest BCUT2D eigenvalue weighted by Crippen LogP contribution is 2.25. The van der Waals surface area contributed by atoms with E-state index in [1.54, 1.807) is 12.3 Å². The van der Waals surface area contributed by atoms with Crippen LogP contribution in [0.4, 0.5) is 5.69 Å². The summed E-state index contributed by atoms with van der Waals surface area (Å²) >= 11 is 1.10. The van der Waals surface area contributed by atoms with Crippen LogP contribution in [0.3, 0.4) is 0 Å². The maximum atomic E-state index is 12.0. The number of aryl methyl sites for hydroxylation is 1. The van der Waals surface area contributed by atoms with Gasteiger partial charge >= 0.3 is 5.97 Å². The summed E-state index contributed by atoms with van der Waals surface area (Å²) in [5.74, 6) is -0.104. The molecule has 2 rings (SSSR count). The molecule has 0 aliphatic rings. The third-order valence-corrected chi connectivity index (χ3v) is 4.42. The largest absolute Gasteiger partial charge is 0.465 e. The Bertz CT molecular complexity index is 702. The molecule has 0 bridgehead atoms. The number of thiophene rings is 1. The lowest BCUT2D eigenvalue weighted by Crippen LogP contribution is -2.15. The van der Waals surface area contributed by atoms with E-state index in [2.05, 4.69) is 19.4 Å². The number of H-pyrrole nitrogens is 1. The summed E-state index contributed by atoms with van der Waals surface area (Å²) in [6, 6.07) is 1.50. The molecule has 2 aromatic heterocycles. The molecule has 0 aliphatic carbocycles. The van der Waals surface area contributed by atoms with Gasteiger partial charge in [-0.05, 0) is 18.4 Å². The molecule has 2 N–H and O–H groups in total. The van der Waals surface area contributed by atoms with Gasteiger partial charge in [0, 0.05) is 0 Å². The maximum absolute atomic E-state index is 12.0. The van der Waals surface area contributed by atoms with E-state index >= 15 is 0 Å². The molecular weight excluding hydrogens is 290 g/mol. The van der Waals surface area contributed by atoms with E-state index in [1.165, 1.54) is 19.4 Å². The number of aromatic amines is 1. The Labute approximate surface area is 113 Å². The fraction of sp³-hybridized carbons (Fsp3) is 0.200. The molecule has 102 valence electrons. The van der Waals surface area contributed by atoms with Gasteiger partial charge in [-0.15, -0.1) is 11.3 Å². The van der Waals surface area contributed by atoms with Crippen molar-refractivity contribution in [2.24, 2.45) is 0 Å². The minimum Gasteiger partial charge on any atom is -0.465 e. The second-order valence-electron chi connectivity index (χ2n) is 3.59. The van der Waals surface area contributed by atoms with Crippen LogP contribution < -0.4 is 4.72 Å². The lowest BCUT2D eigenvalue weighted by Gasteiger charge is -2.06. The zero-order valence-electron chi connectivity index (χ0n) is 10.1. The number of nitrogens with one attached hydrogen (secondary N) is 2. The SMILES string of the molecule is COC(=O)c1sccc1NS(=O)(=O)c1cnc(C)[nH]1. The standard InChI is InChI=1S/C10H11N3O4S2/c1-6-11-5-8(12-6)19(15,16)13-7-3-4-18-9(7)10(14)17-2/h3-5,13H,1-2H3,(H,11,12). The van der Waals surface area contributed by atoms with Crippen molar-refractivity contribution in [1.29, 1.82) is 0 Å². The molecule has 0 spiro atoms. The molecule has 9 heteroatoms. The summed E-state index contributed by atoms with van der Waals surface area (Å²) in [4.78, 5) is 18.1. The van der Waals surface area contributed by atoms with Crippen molar-refractivity contribution in [3.8, 4) is 0 Å². The topological polar surface area (TPSA) is 101 Å². The maximum Gasteiger partial charge on any atom is 0.350 e. The third kappa shape index (κ3) is 2.76. The molecule has 0 atom stereocenters. The molecule has 19 heavy (non-hydrogen) atoms. The Morgan fingerprint density at radius 1 is 1.53 bits per heavy atom. The van der Waals surface area contributed by atoms with Crippen LogP contribution in [0.15, 0.2) is 22.7 Å². The lowest BCUT2D eigenvalue weighted by atomic mass is 10.4. The Hall–Kier alpha value is -1.87. The number of rotatable bonds is 4. The van der Waals surface area contributed by atoms with Gasteiger partial charge in [0.15, 0.2) is 5.03 Å². The number of anilines is 1. The molecule has 2 aromatic rings. The van der Waals surface area contributed by atoms with Gasteiger partial charge in [-0.3, -0.25) is 4.72 Å². The minimum absolute atomic E-state index is 0.0629.